The molecular weight excluding hydrogens is 326 g/mol. The number of carbonyl (C=O) groups is 1. The number of benzene rings is 1. The van der Waals surface area contributed by atoms with E-state index in [4.69, 9.17) is 0 Å². The van der Waals surface area contributed by atoms with Crippen LogP contribution < -0.4 is 5.32 Å². The van der Waals surface area contributed by atoms with Crippen molar-refractivity contribution in [2.24, 2.45) is 0 Å². The maximum Gasteiger partial charge on any atom is 0.272 e. The predicted molar refractivity (Wildman–Crippen MR) is 104 cm³/mol. The Morgan fingerprint density at radius 3 is 2.42 bits per heavy atom. The molecular formula is C20H27N5O. The van der Waals surface area contributed by atoms with Crippen LogP contribution in [0.2, 0.25) is 0 Å². The van der Waals surface area contributed by atoms with Gasteiger partial charge in [0.1, 0.15) is 11.5 Å². The van der Waals surface area contributed by atoms with E-state index in [1.807, 2.05) is 35.2 Å². The van der Waals surface area contributed by atoms with Crippen LogP contribution in [0.4, 0.5) is 5.82 Å². The highest BCUT2D eigenvalue weighted by Gasteiger charge is 2.23. The van der Waals surface area contributed by atoms with Gasteiger partial charge in [-0.3, -0.25) is 4.79 Å². The molecule has 1 aliphatic rings. The van der Waals surface area contributed by atoms with E-state index in [-0.39, 0.29) is 11.9 Å². The number of anilines is 1. The van der Waals surface area contributed by atoms with Crippen molar-refractivity contribution in [2.45, 2.75) is 26.8 Å². The normalized spacial score (nSPS) is 15.3. The second-order valence-electron chi connectivity index (χ2n) is 6.85. The van der Waals surface area contributed by atoms with Crippen LogP contribution in [-0.4, -0.2) is 64.4 Å². The molecule has 1 aliphatic heterocycles. The van der Waals surface area contributed by atoms with Gasteiger partial charge in [0.25, 0.3) is 5.91 Å². The fourth-order valence-corrected chi connectivity index (χ4v) is 3.07. The SMILES string of the molecule is CCN1CCN(C(=O)c2cc(NC(C)C)nc(-c3ccccc3)n2)CC1. The summed E-state index contributed by atoms with van der Waals surface area (Å²) in [7, 11) is 0. The van der Waals surface area contributed by atoms with Gasteiger partial charge in [0.2, 0.25) is 0 Å². The second kappa shape index (κ2) is 8.27. The molecule has 1 aromatic carbocycles. The number of hydrogen-bond donors (Lipinski definition) is 1. The lowest BCUT2D eigenvalue weighted by Crippen LogP contribution is -2.48. The fraction of sp³-hybridized carbons (Fsp3) is 0.450. The van der Waals surface area contributed by atoms with Gasteiger partial charge in [0, 0.05) is 43.9 Å². The first-order valence-corrected chi connectivity index (χ1v) is 9.29. The molecule has 138 valence electrons. The van der Waals surface area contributed by atoms with E-state index in [0.29, 0.717) is 17.3 Å². The zero-order valence-corrected chi connectivity index (χ0v) is 15.8. The Labute approximate surface area is 155 Å². The van der Waals surface area contributed by atoms with Gasteiger partial charge in [-0.1, -0.05) is 37.3 Å². The second-order valence-corrected chi connectivity index (χ2v) is 6.85. The Kier molecular flexibility index (Phi) is 5.83. The van der Waals surface area contributed by atoms with Gasteiger partial charge in [-0.25, -0.2) is 9.97 Å². The van der Waals surface area contributed by atoms with E-state index < -0.39 is 0 Å². The van der Waals surface area contributed by atoms with E-state index in [2.05, 4.69) is 41.0 Å². The molecule has 2 heterocycles. The number of nitrogens with zero attached hydrogens (tertiary/aromatic N) is 4. The van der Waals surface area contributed by atoms with Crippen LogP contribution in [0.15, 0.2) is 36.4 Å². The van der Waals surface area contributed by atoms with E-state index in [1.54, 1.807) is 6.07 Å². The van der Waals surface area contributed by atoms with E-state index in [1.165, 1.54) is 0 Å². The summed E-state index contributed by atoms with van der Waals surface area (Å²) in [5.74, 6) is 1.24. The summed E-state index contributed by atoms with van der Waals surface area (Å²) in [6, 6.07) is 11.8. The predicted octanol–water partition coefficient (Wildman–Crippen LogP) is 2.74. The average Bonchev–Trinajstić information content (AvgIpc) is 2.67. The highest BCUT2D eigenvalue weighted by Crippen LogP contribution is 2.19. The summed E-state index contributed by atoms with van der Waals surface area (Å²) in [4.78, 5) is 26.4. The zero-order chi connectivity index (χ0) is 18.5. The van der Waals surface area contributed by atoms with Crippen LogP contribution in [0.25, 0.3) is 11.4 Å². The van der Waals surface area contributed by atoms with Gasteiger partial charge < -0.3 is 15.1 Å². The van der Waals surface area contributed by atoms with Gasteiger partial charge in [-0.2, -0.15) is 0 Å². The lowest BCUT2D eigenvalue weighted by atomic mass is 10.2. The van der Waals surface area contributed by atoms with Crippen molar-refractivity contribution in [2.75, 3.05) is 38.0 Å². The van der Waals surface area contributed by atoms with Crippen LogP contribution in [-0.2, 0) is 0 Å². The molecule has 0 atom stereocenters. The fourth-order valence-electron chi connectivity index (χ4n) is 3.07. The number of aromatic nitrogens is 2. The maximum absolute atomic E-state index is 13.0. The largest absolute Gasteiger partial charge is 0.368 e. The molecule has 2 aromatic rings. The van der Waals surface area contributed by atoms with Gasteiger partial charge >= 0.3 is 0 Å². The number of nitrogens with one attached hydrogen (secondary N) is 1. The number of rotatable bonds is 5. The molecule has 3 rings (SSSR count). The van der Waals surface area contributed by atoms with Crippen molar-refractivity contribution in [1.82, 2.24) is 19.8 Å². The summed E-state index contributed by atoms with van der Waals surface area (Å²) in [5.41, 5.74) is 1.36. The molecule has 6 nitrogen and oxygen atoms in total. The highest BCUT2D eigenvalue weighted by atomic mass is 16.2. The molecule has 1 amide bonds. The molecule has 0 aliphatic carbocycles. The van der Waals surface area contributed by atoms with Crippen LogP contribution in [0.5, 0.6) is 0 Å². The van der Waals surface area contributed by atoms with Crippen molar-refractivity contribution in [3.8, 4) is 11.4 Å². The summed E-state index contributed by atoms with van der Waals surface area (Å²) in [6.45, 7) is 10.6. The molecule has 1 aromatic heterocycles. The third kappa shape index (κ3) is 4.38. The first-order valence-electron chi connectivity index (χ1n) is 9.29. The van der Waals surface area contributed by atoms with E-state index >= 15 is 0 Å². The Bertz CT molecular complexity index is 739. The molecule has 1 N–H and O–H groups in total. The Balaban J connectivity index is 1.89. The smallest absolute Gasteiger partial charge is 0.272 e. The zero-order valence-electron chi connectivity index (χ0n) is 15.8. The molecule has 0 bridgehead atoms. The number of hydrogen-bond acceptors (Lipinski definition) is 5. The van der Waals surface area contributed by atoms with Crippen molar-refractivity contribution in [3.05, 3.63) is 42.1 Å². The molecule has 0 unspecified atom stereocenters. The number of carbonyl (C=O) groups excluding carboxylic acids is 1. The standard InChI is InChI=1S/C20H27N5O/c1-4-24-10-12-25(13-11-24)20(26)17-14-18(21-15(2)3)23-19(22-17)16-8-6-5-7-9-16/h5-9,14-15H,4,10-13H2,1-3H3,(H,21,22,23). The van der Waals surface area contributed by atoms with Crippen molar-refractivity contribution in [3.63, 3.8) is 0 Å². The van der Waals surface area contributed by atoms with Gasteiger partial charge in [0.05, 0.1) is 0 Å². The molecule has 0 saturated carbocycles. The lowest BCUT2D eigenvalue weighted by molar-refractivity contribution is 0.0637. The third-order valence-corrected chi connectivity index (χ3v) is 4.52. The maximum atomic E-state index is 13.0. The monoisotopic (exact) mass is 353 g/mol. The molecule has 0 spiro atoms. The molecule has 0 radical (unpaired) electrons. The molecule has 1 saturated heterocycles. The Morgan fingerprint density at radius 2 is 1.81 bits per heavy atom. The van der Waals surface area contributed by atoms with Gasteiger partial charge in [-0.05, 0) is 20.4 Å². The van der Waals surface area contributed by atoms with Crippen LogP contribution in [0.3, 0.4) is 0 Å². The summed E-state index contributed by atoms with van der Waals surface area (Å²) < 4.78 is 0. The minimum absolute atomic E-state index is 0.0212. The minimum Gasteiger partial charge on any atom is -0.368 e. The topological polar surface area (TPSA) is 61.4 Å². The van der Waals surface area contributed by atoms with Crippen LogP contribution in [0, 0.1) is 0 Å². The molecule has 6 heteroatoms. The van der Waals surface area contributed by atoms with Crippen molar-refractivity contribution in [1.29, 1.82) is 0 Å². The van der Waals surface area contributed by atoms with E-state index in [9.17, 15) is 4.79 Å². The van der Waals surface area contributed by atoms with Crippen LogP contribution >= 0.6 is 0 Å². The van der Waals surface area contributed by atoms with Gasteiger partial charge in [-0.15, -0.1) is 0 Å². The average molecular weight is 353 g/mol. The van der Waals surface area contributed by atoms with E-state index in [0.717, 1.165) is 38.3 Å². The summed E-state index contributed by atoms with van der Waals surface area (Å²) in [5, 5.41) is 3.30. The highest BCUT2D eigenvalue weighted by molar-refractivity contribution is 5.93. The Hall–Kier alpha value is -2.47. The van der Waals surface area contributed by atoms with Gasteiger partial charge in [0.15, 0.2) is 5.82 Å². The first-order chi connectivity index (χ1) is 12.6. The first kappa shape index (κ1) is 18.3. The summed E-state index contributed by atoms with van der Waals surface area (Å²) in [6.07, 6.45) is 0. The molecule has 1 fully saturated rings. The lowest BCUT2D eigenvalue weighted by Gasteiger charge is -2.33. The van der Waals surface area contributed by atoms with Crippen molar-refractivity contribution >= 4 is 11.7 Å². The summed E-state index contributed by atoms with van der Waals surface area (Å²) >= 11 is 0. The quantitative estimate of drug-likeness (QED) is 0.896. The Morgan fingerprint density at radius 1 is 1.12 bits per heavy atom. The number of piperazine rings is 1. The molecule has 26 heavy (non-hydrogen) atoms. The number of amides is 1. The number of likely N-dealkylation sites (N-methyl/N-ethyl adjacent to an activating group) is 1. The minimum atomic E-state index is -0.0212. The van der Waals surface area contributed by atoms with Crippen molar-refractivity contribution < 1.29 is 4.79 Å². The third-order valence-electron chi connectivity index (χ3n) is 4.52. The van der Waals surface area contributed by atoms with Crippen LogP contribution in [0.1, 0.15) is 31.3 Å².